The Kier molecular flexibility index (Phi) is 3.44. The van der Waals surface area contributed by atoms with Crippen LogP contribution in [0.1, 0.15) is 43.0 Å². The average Bonchev–Trinajstić information content (AvgIpc) is 2.65. The van der Waals surface area contributed by atoms with Gasteiger partial charge in [0.25, 0.3) is 0 Å². The molecular weight excluding hydrogens is 246 g/mol. The number of hydrogen-bond acceptors (Lipinski definition) is 5. The topological polar surface area (TPSA) is 72.0 Å². The molecule has 2 rings (SSSR count). The molecule has 90 valence electrons. The van der Waals surface area contributed by atoms with Crippen molar-refractivity contribution in [3.05, 3.63) is 5.01 Å². The molecular formula is C9H15N3O2S2. The summed E-state index contributed by atoms with van der Waals surface area (Å²) in [5.74, 6) is 0.473. The van der Waals surface area contributed by atoms with Gasteiger partial charge in [0, 0.05) is 5.92 Å². The molecule has 16 heavy (non-hydrogen) atoms. The lowest BCUT2D eigenvalue weighted by molar-refractivity contribution is 0.440. The minimum atomic E-state index is -3.24. The molecule has 0 spiro atoms. The smallest absolute Gasteiger partial charge is 0.231 e. The zero-order chi connectivity index (χ0) is 11.6. The van der Waals surface area contributed by atoms with Crippen molar-refractivity contribution in [1.82, 2.24) is 10.2 Å². The SMILES string of the molecule is CS(=O)(=O)Nc1nnc(C2CCCCC2)s1. The Bertz CT molecular complexity index is 449. The molecule has 1 aliphatic rings. The second kappa shape index (κ2) is 4.67. The molecule has 1 aliphatic carbocycles. The third-order valence-corrected chi connectivity index (χ3v) is 4.36. The van der Waals surface area contributed by atoms with Crippen LogP contribution in [0.25, 0.3) is 0 Å². The van der Waals surface area contributed by atoms with E-state index in [1.54, 1.807) is 0 Å². The molecule has 0 atom stereocenters. The van der Waals surface area contributed by atoms with Gasteiger partial charge in [-0.05, 0) is 12.8 Å². The Labute approximate surface area is 99.3 Å². The summed E-state index contributed by atoms with van der Waals surface area (Å²) in [6.45, 7) is 0. The lowest BCUT2D eigenvalue weighted by atomic mass is 9.90. The number of anilines is 1. The Morgan fingerprint density at radius 3 is 2.56 bits per heavy atom. The Hall–Kier alpha value is -0.690. The van der Waals surface area contributed by atoms with Crippen molar-refractivity contribution in [3.63, 3.8) is 0 Å². The first-order valence-corrected chi connectivity index (χ1v) is 8.06. The number of hydrogen-bond donors (Lipinski definition) is 1. The molecule has 1 heterocycles. The third-order valence-electron chi connectivity index (χ3n) is 2.67. The maximum Gasteiger partial charge on any atom is 0.231 e. The van der Waals surface area contributed by atoms with Crippen molar-refractivity contribution < 1.29 is 8.42 Å². The van der Waals surface area contributed by atoms with Gasteiger partial charge in [0.2, 0.25) is 15.2 Å². The van der Waals surface area contributed by atoms with E-state index in [9.17, 15) is 8.42 Å². The van der Waals surface area contributed by atoms with Gasteiger partial charge in [0.05, 0.1) is 6.26 Å². The quantitative estimate of drug-likeness (QED) is 0.902. The molecule has 0 aliphatic heterocycles. The van der Waals surface area contributed by atoms with E-state index < -0.39 is 10.0 Å². The first-order valence-electron chi connectivity index (χ1n) is 5.36. The molecule has 1 saturated carbocycles. The minimum absolute atomic E-state index is 0.378. The molecule has 1 fully saturated rings. The molecule has 0 radical (unpaired) electrons. The maximum absolute atomic E-state index is 11.0. The molecule has 0 amide bonds. The molecule has 7 heteroatoms. The van der Waals surface area contributed by atoms with Crippen molar-refractivity contribution in [2.45, 2.75) is 38.0 Å². The molecule has 0 aromatic carbocycles. The van der Waals surface area contributed by atoms with Gasteiger partial charge >= 0.3 is 0 Å². The predicted octanol–water partition coefficient (Wildman–Crippen LogP) is 1.96. The predicted molar refractivity (Wildman–Crippen MR) is 64.2 cm³/mol. The van der Waals surface area contributed by atoms with Crippen LogP contribution in [0.15, 0.2) is 0 Å². The van der Waals surface area contributed by atoms with E-state index in [0.29, 0.717) is 11.0 Å². The standard InChI is InChI=1S/C9H15N3O2S2/c1-16(13,14)12-9-11-10-8(15-9)7-5-3-2-4-6-7/h7H,2-6H2,1H3,(H,11,12). The van der Waals surface area contributed by atoms with Crippen LogP contribution in [0, 0.1) is 0 Å². The Morgan fingerprint density at radius 1 is 1.25 bits per heavy atom. The van der Waals surface area contributed by atoms with Crippen LogP contribution in [0.2, 0.25) is 0 Å². The first kappa shape index (κ1) is 11.8. The molecule has 1 aromatic heterocycles. The van der Waals surface area contributed by atoms with E-state index in [2.05, 4.69) is 14.9 Å². The summed E-state index contributed by atoms with van der Waals surface area (Å²) in [6.07, 6.45) is 7.18. The van der Waals surface area contributed by atoms with E-state index in [-0.39, 0.29) is 0 Å². The van der Waals surface area contributed by atoms with E-state index in [0.717, 1.165) is 24.1 Å². The zero-order valence-corrected chi connectivity index (χ0v) is 10.8. The fraction of sp³-hybridized carbons (Fsp3) is 0.778. The number of sulfonamides is 1. The maximum atomic E-state index is 11.0. The minimum Gasteiger partial charge on any atom is -0.257 e. The fourth-order valence-corrected chi connectivity index (χ4v) is 3.69. The number of rotatable bonds is 3. The van der Waals surface area contributed by atoms with Crippen LogP contribution in [-0.4, -0.2) is 24.9 Å². The second-order valence-corrected chi connectivity index (χ2v) is 6.91. The van der Waals surface area contributed by atoms with Crippen LogP contribution in [-0.2, 0) is 10.0 Å². The Balaban J connectivity index is 2.06. The highest BCUT2D eigenvalue weighted by Gasteiger charge is 2.20. The van der Waals surface area contributed by atoms with Crippen LogP contribution in [0.3, 0.4) is 0 Å². The number of aromatic nitrogens is 2. The van der Waals surface area contributed by atoms with E-state index >= 15 is 0 Å². The molecule has 0 unspecified atom stereocenters. The van der Waals surface area contributed by atoms with E-state index in [1.165, 1.54) is 30.6 Å². The fourth-order valence-electron chi connectivity index (χ4n) is 1.95. The second-order valence-electron chi connectivity index (χ2n) is 4.15. The van der Waals surface area contributed by atoms with Crippen molar-refractivity contribution in [1.29, 1.82) is 0 Å². The molecule has 1 N–H and O–H groups in total. The van der Waals surface area contributed by atoms with Crippen LogP contribution in [0.4, 0.5) is 5.13 Å². The highest BCUT2D eigenvalue weighted by atomic mass is 32.2. The van der Waals surface area contributed by atoms with Crippen molar-refractivity contribution in [2.75, 3.05) is 11.0 Å². The normalized spacial score (nSPS) is 18.6. The molecule has 5 nitrogen and oxygen atoms in total. The largest absolute Gasteiger partial charge is 0.257 e. The summed E-state index contributed by atoms with van der Waals surface area (Å²) in [5.41, 5.74) is 0. The van der Waals surface area contributed by atoms with Crippen LogP contribution < -0.4 is 4.72 Å². The molecule has 1 aromatic rings. The van der Waals surface area contributed by atoms with Crippen LogP contribution >= 0.6 is 11.3 Å². The van der Waals surface area contributed by atoms with Gasteiger partial charge in [-0.2, -0.15) is 0 Å². The van der Waals surface area contributed by atoms with Gasteiger partial charge < -0.3 is 0 Å². The number of nitrogens with one attached hydrogen (secondary N) is 1. The summed E-state index contributed by atoms with van der Waals surface area (Å²) in [6, 6.07) is 0. The first-order chi connectivity index (χ1) is 7.54. The van der Waals surface area contributed by atoms with E-state index in [4.69, 9.17) is 0 Å². The van der Waals surface area contributed by atoms with Gasteiger partial charge in [-0.1, -0.05) is 30.6 Å². The van der Waals surface area contributed by atoms with Gasteiger partial charge in [-0.15, -0.1) is 10.2 Å². The average molecular weight is 261 g/mol. The highest BCUT2D eigenvalue weighted by Crippen LogP contribution is 2.35. The molecule has 0 saturated heterocycles. The Morgan fingerprint density at radius 2 is 1.94 bits per heavy atom. The lowest BCUT2D eigenvalue weighted by Gasteiger charge is -2.18. The van der Waals surface area contributed by atoms with Gasteiger partial charge in [-0.25, -0.2) is 8.42 Å². The molecule has 0 bridgehead atoms. The summed E-state index contributed by atoms with van der Waals surface area (Å²) >= 11 is 1.35. The lowest BCUT2D eigenvalue weighted by Crippen LogP contribution is -2.08. The monoisotopic (exact) mass is 261 g/mol. The zero-order valence-electron chi connectivity index (χ0n) is 9.14. The van der Waals surface area contributed by atoms with E-state index in [1.807, 2.05) is 0 Å². The summed E-state index contributed by atoms with van der Waals surface area (Å²) < 4.78 is 24.4. The van der Waals surface area contributed by atoms with Crippen molar-refractivity contribution in [2.24, 2.45) is 0 Å². The summed E-state index contributed by atoms with van der Waals surface area (Å²) in [5, 5.41) is 9.26. The van der Waals surface area contributed by atoms with Gasteiger partial charge in [0.1, 0.15) is 5.01 Å². The van der Waals surface area contributed by atoms with Gasteiger partial charge in [-0.3, -0.25) is 4.72 Å². The summed E-state index contributed by atoms with van der Waals surface area (Å²) in [4.78, 5) is 0. The summed E-state index contributed by atoms with van der Waals surface area (Å²) in [7, 11) is -3.24. The van der Waals surface area contributed by atoms with Crippen LogP contribution in [0.5, 0.6) is 0 Å². The highest BCUT2D eigenvalue weighted by molar-refractivity contribution is 7.92. The van der Waals surface area contributed by atoms with Gasteiger partial charge in [0.15, 0.2) is 0 Å². The van der Waals surface area contributed by atoms with Crippen molar-refractivity contribution in [3.8, 4) is 0 Å². The third kappa shape index (κ3) is 3.15. The van der Waals surface area contributed by atoms with Crippen molar-refractivity contribution >= 4 is 26.5 Å². The number of nitrogens with zero attached hydrogens (tertiary/aromatic N) is 2.